The molecule has 7 heteroatoms. The molecule has 0 bridgehead atoms. The highest BCUT2D eigenvalue weighted by Crippen LogP contribution is 2.34. The first kappa shape index (κ1) is 17.6. The molecular formula is C18H18N2O3S2. The molecule has 3 aromatic rings. The van der Waals surface area contributed by atoms with Crippen LogP contribution in [0.3, 0.4) is 0 Å². The number of hydrogen-bond donors (Lipinski definition) is 0. The van der Waals surface area contributed by atoms with Crippen molar-refractivity contribution < 1.29 is 14.3 Å². The van der Waals surface area contributed by atoms with Gasteiger partial charge in [-0.25, -0.2) is 0 Å². The van der Waals surface area contributed by atoms with Gasteiger partial charge in [0.15, 0.2) is 4.80 Å². The second-order valence-electron chi connectivity index (χ2n) is 5.24. The first-order valence-corrected chi connectivity index (χ1v) is 9.56. The summed E-state index contributed by atoms with van der Waals surface area (Å²) in [6.45, 7) is 0. The first-order chi connectivity index (χ1) is 12.1. The van der Waals surface area contributed by atoms with Gasteiger partial charge < -0.3 is 14.0 Å². The van der Waals surface area contributed by atoms with Gasteiger partial charge in [0.25, 0.3) is 5.91 Å². The second kappa shape index (κ2) is 7.33. The Bertz CT molecular complexity index is 988. The second-order valence-corrected chi connectivity index (χ2v) is 7.09. The minimum atomic E-state index is -0.271. The Hall–Kier alpha value is -2.25. The number of carbonyl (C=O) groups excluding carboxylic acids is 1. The summed E-state index contributed by atoms with van der Waals surface area (Å²) in [5, 5.41) is 0. The van der Waals surface area contributed by atoms with E-state index in [0.717, 1.165) is 20.9 Å². The lowest BCUT2D eigenvalue weighted by Crippen LogP contribution is -2.13. The molecule has 25 heavy (non-hydrogen) atoms. The molecule has 0 fully saturated rings. The number of methoxy groups -OCH3 is 2. The first-order valence-electron chi connectivity index (χ1n) is 7.52. The number of ether oxygens (including phenoxy) is 2. The number of rotatable bonds is 4. The van der Waals surface area contributed by atoms with Crippen molar-refractivity contribution in [3.63, 3.8) is 0 Å². The van der Waals surface area contributed by atoms with Crippen LogP contribution in [0.4, 0.5) is 0 Å². The Labute approximate surface area is 153 Å². The van der Waals surface area contributed by atoms with Gasteiger partial charge in [0.1, 0.15) is 21.7 Å². The molecule has 0 aliphatic heterocycles. The Morgan fingerprint density at radius 2 is 1.72 bits per heavy atom. The third kappa shape index (κ3) is 3.29. The number of fused-ring (bicyclic) bond motifs is 1. The highest BCUT2D eigenvalue weighted by Gasteiger charge is 2.14. The van der Waals surface area contributed by atoms with Gasteiger partial charge in [-0.3, -0.25) is 4.79 Å². The molecule has 0 saturated heterocycles. The lowest BCUT2D eigenvalue weighted by molar-refractivity contribution is 0.0998. The fourth-order valence-corrected chi connectivity index (χ4v) is 4.05. The van der Waals surface area contributed by atoms with Crippen LogP contribution in [0.15, 0.2) is 46.3 Å². The van der Waals surface area contributed by atoms with Crippen molar-refractivity contribution in [3.8, 4) is 11.5 Å². The van der Waals surface area contributed by atoms with E-state index in [-0.39, 0.29) is 5.91 Å². The zero-order valence-electron chi connectivity index (χ0n) is 14.4. The Balaban J connectivity index is 2.12. The van der Waals surface area contributed by atoms with Gasteiger partial charge in [0.2, 0.25) is 0 Å². The third-order valence-corrected chi connectivity index (χ3v) is 5.74. The standard InChI is InChI=1S/C18H18N2O3S2/c1-20-15-13(22-2)9-10-14(23-3)16(15)25-18(20)19-17(21)11-5-7-12(24-4)8-6-11/h5-10H,1-4H3. The number of aromatic nitrogens is 1. The van der Waals surface area contributed by atoms with Crippen LogP contribution in [0, 0.1) is 0 Å². The topological polar surface area (TPSA) is 52.8 Å². The number of thiazole rings is 1. The van der Waals surface area contributed by atoms with Gasteiger partial charge in [-0.15, -0.1) is 11.8 Å². The number of hydrogen-bond acceptors (Lipinski definition) is 5. The minimum absolute atomic E-state index is 0.271. The summed E-state index contributed by atoms with van der Waals surface area (Å²) in [6.07, 6.45) is 2.00. The molecule has 0 unspecified atom stereocenters. The number of aryl methyl sites for hydroxylation is 1. The maximum Gasteiger partial charge on any atom is 0.279 e. The fourth-order valence-electron chi connectivity index (χ4n) is 2.51. The van der Waals surface area contributed by atoms with Gasteiger partial charge in [-0.1, -0.05) is 11.3 Å². The molecule has 1 amide bonds. The molecule has 0 saturated carbocycles. The zero-order valence-corrected chi connectivity index (χ0v) is 16.0. The van der Waals surface area contributed by atoms with E-state index in [1.807, 2.05) is 42.1 Å². The Kier molecular flexibility index (Phi) is 5.15. The maximum absolute atomic E-state index is 12.5. The predicted octanol–water partition coefficient (Wildman–Crippen LogP) is 3.72. The molecule has 0 atom stereocenters. The number of carbonyl (C=O) groups is 1. The van der Waals surface area contributed by atoms with Crippen molar-refractivity contribution in [1.82, 2.24) is 4.57 Å². The van der Waals surface area contributed by atoms with Crippen molar-refractivity contribution in [3.05, 3.63) is 46.8 Å². The predicted molar refractivity (Wildman–Crippen MR) is 102 cm³/mol. The van der Waals surface area contributed by atoms with Crippen LogP contribution in [-0.4, -0.2) is 30.9 Å². The molecule has 0 spiro atoms. The monoisotopic (exact) mass is 374 g/mol. The summed E-state index contributed by atoms with van der Waals surface area (Å²) in [6, 6.07) is 11.1. The average molecular weight is 374 g/mol. The number of benzene rings is 2. The average Bonchev–Trinajstić information content (AvgIpc) is 2.97. The molecule has 0 aliphatic carbocycles. The maximum atomic E-state index is 12.5. The van der Waals surface area contributed by atoms with E-state index in [2.05, 4.69) is 4.99 Å². The molecular weight excluding hydrogens is 356 g/mol. The highest BCUT2D eigenvalue weighted by molar-refractivity contribution is 7.98. The summed E-state index contributed by atoms with van der Waals surface area (Å²) in [5.74, 6) is 1.18. The zero-order chi connectivity index (χ0) is 18.0. The van der Waals surface area contributed by atoms with E-state index >= 15 is 0 Å². The molecule has 0 N–H and O–H groups in total. The van der Waals surface area contributed by atoms with Crippen LogP contribution in [0.25, 0.3) is 10.2 Å². The van der Waals surface area contributed by atoms with E-state index < -0.39 is 0 Å². The molecule has 3 rings (SSSR count). The van der Waals surface area contributed by atoms with Gasteiger partial charge in [0.05, 0.1) is 14.2 Å². The quantitative estimate of drug-likeness (QED) is 0.653. The van der Waals surface area contributed by atoms with Crippen LogP contribution < -0.4 is 14.3 Å². The van der Waals surface area contributed by atoms with Crippen molar-refractivity contribution >= 4 is 39.2 Å². The van der Waals surface area contributed by atoms with E-state index in [4.69, 9.17) is 9.47 Å². The molecule has 5 nitrogen and oxygen atoms in total. The van der Waals surface area contributed by atoms with Crippen LogP contribution in [0.2, 0.25) is 0 Å². The summed E-state index contributed by atoms with van der Waals surface area (Å²) < 4.78 is 13.6. The van der Waals surface area contributed by atoms with Crippen molar-refractivity contribution in [2.75, 3.05) is 20.5 Å². The lowest BCUT2D eigenvalue weighted by Gasteiger charge is -2.06. The van der Waals surface area contributed by atoms with Crippen molar-refractivity contribution in [2.24, 2.45) is 12.0 Å². The van der Waals surface area contributed by atoms with Gasteiger partial charge in [-0.05, 0) is 42.7 Å². The fraction of sp³-hybridized carbons (Fsp3) is 0.222. The smallest absolute Gasteiger partial charge is 0.279 e. The van der Waals surface area contributed by atoms with E-state index in [1.54, 1.807) is 38.1 Å². The van der Waals surface area contributed by atoms with E-state index in [0.29, 0.717) is 16.1 Å². The van der Waals surface area contributed by atoms with Gasteiger partial charge >= 0.3 is 0 Å². The van der Waals surface area contributed by atoms with Crippen LogP contribution in [0.1, 0.15) is 10.4 Å². The van der Waals surface area contributed by atoms with E-state index in [9.17, 15) is 4.79 Å². The van der Waals surface area contributed by atoms with E-state index in [1.165, 1.54) is 11.3 Å². The van der Waals surface area contributed by atoms with Crippen LogP contribution in [-0.2, 0) is 7.05 Å². The van der Waals surface area contributed by atoms with Crippen LogP contribution >= 0.6 is 23.1 Å². The largest absolute Gasteiger partial charge is 0.495 e. The molecule has 0 aliphatic rings. The number of nitrogens with zero attached hydrogens (tertiary/aromatic N) is 2. The molecule has 1 aromatic heterocycles. The summed E-state index contributed by atoms with van der Waals surface area (Å²) in [7, 11) is 5.11. The third-order valence-electron chi connectivity index (χ3n) is 3.85. The highest BCUT2D eigenvalue weighted by atomic mass is 32.2. The summed E-state index contributed by atoms with van der Waals surface area (Å²) in [4.78, 5) is 18.5. The van der Waals surface area contributed by atoms with Crippen molar-refractivity contribution in [1.29, 1.82) is 0 Å². The molecule has 130 valence electrons. The van der Waals surface area contributed by atoms with Gasteiger partial charge in [0, 0.05) is 17.5 Å². The lowest BCUT2D eigenvalue weighted by atomic mass is 10.2. The molecule has 0 radical (unpaired) electrons. The summed E-state index contributed by atoms with van der Waals surface area (Å²) in [5.41, 5.74) is 1.42. The van der Waals surface area contributed by atoms with Crippen LogP contribution in [0.5, 0.6) is 11.5 Å². The molecule has 2 aromatic carbocycles. The Morgan fingerprint density at radius 3 is 2.32 bits per heavy atom. The Morgan fingerprint density at radius 1 is 1.08 bits per heavy atom. The molecule has 1 heterocycles. The van der Waals surface area contributed by atoms with Gasteiger partial charge in [-0.2, -0.15) is 4.99 Å². The number of amides is 1. The minimum Gasteiger partial charge on any atom is -0.495 e. The SMILES string of the molecule is COc1ccc(OC)c2c1sc(=NC(=O)c1ccc(SC)cc1)n2C. The summed E-state index contributed by atoms with van der Waals surface area (Å²) >= 11 is 3.04. The normalized spacial score (nSPS) is 11.8. The van der Waals surface area contributed by atoms with Crippen molar-refractivity contribution in [2.45, 2.75) is 4.90 Å². The number of thioether (sulfide) groups is 1.